The molecule has 6 nitrogen and oxygen atoms in total. The predicted octanol–water partition coefficient (Wildman–Crippen LogP) is 2.59. The van der Waals surface area contributed by atoms with Crippen molar-refractivity contribution in [1.29, 1.82) is 0 Å². The third-order valence-corrected chi connectivity index (χ3v) is 6.92. The number of hydrogen-bond acceptors (Lipinski definition) is 5. The molecule has 0 spiro atoms. The van der Waals surface area contributed by atoms with Crippen molar-refractivity contribution in [2.75, 3.05) is 39.3 Å². The van der Waals surface area contributed by atoms with Crippen LogP contribution in [-0.4, -0.2) is 68.2 Å². The molecule has 1 atom stereocenters. The predicted molar refractivity (Wildman–Crippen MR) is 109 cm³/mol. The van der Waals surface area contributed by atoms with Crippen molar-refractivity contribution in [3.8, 4) is 0 Å². The molecule has 1 saturated heterocycles. The number of nitrogens with zero attached hydrogens (tertiary/aromatic N) is 2. The van der Waals surface area contributed by atoms with Crippen molar-refractivity contribution >= 4 is 10.0 Å². The van der Waals surface area contributed by atoms with Crippen molar-refractivity contribution in [3.05, 3.63) is 65.7 Å². The lowest BCUT2D eigenvalue weighted by atomic mass is 10.2. The van der Waals surface area contributed by atoms with E-state index < -0.39 is 27.9 Å². The van der Waals surface area contributed by atoms with E-state index in [1.165, 1.54) is 10.4 Å². The van der Waals surface area contributed by atoms with E-state index in [2.05, 4.69) is 0 Å². The Labute approximate surface area is 179 Å². The number of ether oxygens (including phenoxy) is 1. The van der Waals surface area contributed by atoms with E-state index in [9.17, 15) is 26.7 Å². The van der Waals surface area contributed by atoms with E-state index in [-0.39, 0.29) is 24.6 Å². The molecular weight excluding hydrogens is 433 g/mol. The van der Waals surface area contributed by atoms with E-state index in [0.29, 0.717) is 32.3 Å². The van der Waals surface area contributed by atoms with Gasteiger partial charge in [-0.15, -0.1) is 0 Å². The highest BCUT2D eigenvalue weighted by Crippen LogP contribution is 2.31. The molecule has 0 radical (unpaired) electrons. The fraction of sp³-hybridized carbons (Fsp3) is 0.429. The van der Waals surface area contributed by atoms with Gasteiger partial charge in [0.1, 0.15) is 0 Å². The van der Waals surface area contributed by atoms with Gasteiger partial charge in [0.2, 0.25) is 10.0 Å². The molecule has 0 bridgehead atoms. The number of halogens is 3. The first-order chi connectivity index (χ1) is 14.7. The summed E-state index contributed by atoms with van der Waals surface area (Å²) in [5, 5.41) is 10.2. The summed E-state index contributed by atoms with van der Waals surface area (Å²) in [6, 6.07) is 13.3. The number of aliphatic hydroxyl groups excluding tert-OH is 1. The van der Waals surface area contributed by atoms with E-state index in [4.69, 9.17) is 4.74 Å². The molecule has 170 valence electrons. The Bertz CT molecular complexity index is 947. The molecule has 2 aromatic rings. The number of piperazine rings is 1. The second-order valence-electron chi connectivity index (χ2n) is 7.38. The smallest absolute Gasteiger partial charge is 0.389 e. The Morgan fingerprint density at radius 3 is 2.32 bits per heavy atom. The maximum absolute atomic E-state index is 12.9. The minimum atomic E-state index is -4.61. The molecule has 2 aromatic carbocycles. The number of benzene rings is 2. The summed E-state index contributed by atoms with van der Waals surface area (Å²) < 4.78 is 70.9. The normalized spacial score (nSPS) is 17.5. The second kappa shape index (κ2) is 10.1. The van der Waals surface area contributed by atoms with Gasteiger partial charge < -0.3 is 9.84 Å². The summed E-state index contributed by atoms with van der Waals surface area (Å²) in [4.78, 5) is 1.54. The van der Waals surface area contributed by atoms with Gasteiger partial charge in [-0.3, -0.25) is 4.90 Å². The van der Waals surface area contributed by atoms with E-state index >= 15 is 0 Å². The SMILES string of the molecule is O=S(=O)(c1cccc(C(F)(F)F)c1)N1CCN(C[C@@H](O)COCc2ccccc2)CC1. The Kier molecular flexibility index (Phi) is 7.71. The molecule has 1 N–H and O–H groups in total. The van der Waals surface area contributed by atoms with E-state index in [0.717, 1.165) is 17.7 Å². The quantitative estimate of drug-likeness (QED) is 0.659. The Morgan fingerprint density at radius 1 is 1.00 bits per heavy atom. The number of hydrogen-bond donors (Lipinski definition) is 1. The van der Waals surface area contributed by atoms with Crippen LogP contribution in [0.3, 0.4) is 0 Å². The molecule has 1 heterocycles. The minimum absolute atomic E-state index is 0.135. The van der Waals surface area contributed by atoms with Crippen molar-refractivity contribution in [2.45, 2.75) is 23.8 Å². The lowest BCUT2D eigenvalue weighted by Gasteiger charge is -2.34. The zero-order valence-electron chi connectivity index (χ0n) is 16.8. The highest BCUT2D eigenvalue weighted by molar-refractivity contribution is 7.89. The molecule has 1 aliphatic rings. The Morgan fingerprint density at radius 2 is 1.68 bits per heavy atom. The standard InChI is InChI=1S/C21H25F3N2O4S/c22-21(23,24)18-7-4-8-20(13-18)31(28,29)26-11-9-25(10-12-26)14-19(27)16-30-15-17-5-2-1-3-6-17/h1-8,13,19,27H,9-12,14-16H2/t19-/m1/s1. The van der Waals surface area contributed by atoms with Crippen molar-refractivity contribution < 1.29 is 31.4 Å². The van der Waals surface area contributed by atoms with Gasteiger partial charge in [-0.1, -0.05) is 36.4 Å². The largest absolute Gasteiger partial charge is 0.416 e. The van der Waals surface area contributed by atoms with Crippen LogP contribution < -0.4 is 0 Å². The highest BCUT2D eigenvalue weighted by atomic mass is 32.2. The summed E-state index contributed by atoms with van der Waals surface area (Å²) >= 11 is 0. The Hall–Kier alpha value is -1.98. The molecular formula is C21H25F3N2O4S. The second-order valence-corrected chi connectivity index (χ2v) is 9.32. The summed E-state index contributed by atoms with van der Waals surface area (Å²) in [6.07, 6.45) is -5.33. The van der Waals surface area contributed by atoms with Crippen molar-refractivity contribution in [2.24, 2.45) is 0 Å². The molecule has 3 rings (SSSR count). The van der Waals surface area contributed by atoms with Crippen LogP contribution in [0.2, 0.25) is 0 Å². The van der Waals surface area contributed by atoms with Crippen LogP contribution in [0.5, 0.6) is 0 Å². The van der Waals surface area contributed by atoms with Gasteiger partial charge in [0.05, 0.1) is 29.8 Å². The van der Waals surface area contributed by atoms with Crippen LogP contribution in [0.25, 0.3) is 0 Å². The lowest BCUT2D eigenvalue weighted by molar-refractivity contribution is -0.137. The number of alkyl halides is 3. The minimum Gasteiger partial charge on any atom is -0.389 e. The molecule has 0 aromatic heterocycles. The fourth-order valence-corrected chi connectivity index (χ4v) is 4.84. The van der Waals surface area contributed by atoms with Gasteiger partial charge >= 0.3 is 6.18 Å². The highest BCUT2D eigenvalue weighted by Gasteiger charge is 2.34. The van der Waals surface area contributed by atoms with Crippen LogP contribution in [0.4, 0.5) is 13.2 Å². The zero-order valence-corrected chi connectivity index (χ0v) is 17.6. The van der Waals surface area contributed by atoms with Crippen LogP contribution in [0.15, 0.2) is 59.5 Å². The summed E-state index contributed by atoms with van der Waals surface area (Å²) in [5.41, 5.74) is 0.00829. The average Bonchev–Trinajstić information content (AvgIpc) is 2.74. The van der Waals surface area contributed by atoms with Gasteiger partial charge in [0, 0.05) is 32.7 Å². The summed E-state index contributed by atoms with van der Waals surface area (Å²) in [5.74, 6) is 0. The van der Waals surface area contributed by atoms with E-state index in [1.54, 1.807) is 0 Å². The average molecular weight is 459 g/mol. The number of aliphatic hydroxyl groups is 1. The molecule has 1 fully saturated rings. The summed E-state index contributed by atoms with van der Waals surface area (Å²) in [6.45, 7) is 1.87. The van der Waals surface area contributed by atoms with Crippen molar-refractivity contribution in [1.82, 2.24) is 9.21 Å². The molecule has 0 amide bonds. The van der Waals surface area contributed by atoms with Gasteiger partial charge in [-0.25, -0.2) is 8.42 Å². The maximum atomic E-state index is 12.9. The molecule has 0 aliphatic carbocycles. The van der Waals surface area contributed by atoms with Gasteiger partial charge in [0.15, 0.2) is 0 Å². The topological polar surface area (TPSA) is 70.1 Å². The first kappa shape index (κ1) is 23.7. The third-order valence-electron chi connectivity index (χ3n) is 5.02. The molecule has 10 heteroatoms. The van der Waals surface area contributed by atoms with Gasteiger partial charge in [-0.05, 0) is 23.8 Å². The lowest BCUT2D eigenvalue weighted by Crippen LogP contribution is -2.50. The van der Waals surface area contributed by atoms with Crippen molar-refractivity contribution in [3.63, 3.8) is 0 Å². The first-order valence-electron chi connectivity index (χ1n) is 9.86. The van der Waals surface area contributed by atoms with Crippen LogP contribution in [-0.2, 0) is 27.5 Å². The third kappa shape index (κ3) is 6.50. The number of sulfonamides is 1. The number of β-amino-alcohol motifs (C(OH)–C–C–N with tert-alkyl or cyclic N) is 1. The molecule has 0 saturated carbocycles. The monoisotopic (exact) mass is 458 g/mol. The van der Waals surface area contributed by atoms with E-state index in [1.807, 2.05) is 35.2 Å². The molecule has 1 aliphatic heterocycles. The zero-order chi connectivity index (χ0) is 22.5. The van der Waals surface area contributed by atoms with Gasteiger partial charge in [0.25, 0.3) is 0 Å². The molecule has 31 heavy (non-hydrogen) atoms. The molecule has 0 unspecified atom stereocenters. The fourth-order valence-electron chi connectivity index (χ4n) is 3.37. The van der Waals surface area contributed by atoms with Crippen LogP contribution >= 0.6 is 0 Å². The summed E-state index contributed by atoms with van der Waals surface area (Å²) in [7, 11) is -4.02. The number of rotatable bonds is 8. The van der Waals surface area contributed by atoms with Gasteiger partial charge in [-0.2, -0.15) is 17.5 Å². The van der Waals surface area contributed by atoms with Crippen LogP contribution in [0.1, 0.15) is 11.1 Å². The first-order valence-corrected chi connectivity index (χ1v) is 11.3. The maximum Gasteiger partial charge on any atom is 0.416 e. The van der Waals surface area contributed by atoms with Crippen LogP contribution in [0, 0.1) is 0 Å². The Balaban J connectivity index is 1.48.